The van der Waals surface area contributed by atoms with E-state index >= 15 is 0 Å². The first-order valence-corrected chi connectivity index (χ1v) is 8.77. The number of halogens is 1. The van der Waals surface area contributed by atoms with Gasteiger partial charge >= 0.3 is 0 Å². The summed E-state index contributed by atoms with van der Waals surface area (Å²) in [6, 6.07) is 9.64. The highest BCUT2D eigenvalue weighted by atomic mass is 35.5. The summed E-state index contributed by atoms with van der Waals surface area (Å²) >= 11 is 6.40. The molecule has 5 nitrogen and oxygen atoms in total. The molecule has 0 aliphatic heterocycles. The molecule has 2 aromatic heterocycles. The molecule has 0 atom stereocenters. The first-order chi connectivity index (χ1) is 12.4. The average Bonchev–Trinajstić information content (AvgIpc) is 3.09. The molecular formula is C20H22ClN3O2. The van der Waals surface area contributed by atoms with Crippen molar-refractivity contribution >= 4 is 11.6 Å². The third-order valence-electron chi connectivity index (χ3n) is 4.09. The van der Waals surface area contributed by atoms with Gasteiger partial charge in [-0.25, -0.2) is 9.97 Å². The fourth-order valence-electron chi connectivity index (χ4n) is 2.74. The summed E-state index contributed by atoms with van der Waals surface area (Å²) in [5, 5.41) is 9.80. The van der Waals surface area contributed by atoms with E-state index in [1.165, 1.54) is 5.56 Å². The molecule has 0 amide bonds. The van der Waals surface area contributed by atoms with Crippen LogP contribution in [0.15, 0.2) is 49.1 Å². The molecule has 2 heterocycles. The zero-order valence-electron chi connectivity index (χ0n) is 15.1. The molecule has 3 aromatic rings. The standard InChI is InChI=1S/C20H22ClN3O2/c1-20(2,3)17-5-4-6-18(21)16(17)12-26-15-7-8-19(22-9-15)24-10-14(11-25)23-13-24/h4-10,13,25H,11-12H2,1-3H3. The summed E-state index contributed by atoms with van der Waals surface area (Å²) < 4.78 is 7.67. The van der Waals surface area contributed by atoms with Crippen molar-refractivity contribution in [1.29, 1.82) is 0 Å². The van der Waals surface area contributed by atoms with Gasteiger partial charge in [0.05, 0.1) is 18.5 Å². The molecule has 1 aromatic carbocycles. The van der Waals surface area contributed by atoms with Crippen molar-refractivity contribution in [1.82, 2.24) is 14.5 Å². The van der Waals surface area contributed by atoms with Gasteiger partial charge in [-0.2, -0.15) is 0 Å². The Hall–Kier alpha value is -2.37. The molecule has 6 heteroatoms. The number of imidazole rings is 1. The molecule has 0 fully saturated rings. The maximum Gasteiger partial charge on any atom is 0.138 e. The fraction of sp³-hybridized carbons (Fsp3) is 0.300. The van der Waals surface area contributed by atoms with Crippen molar-refractivity contribution in [3.63, 3.8) is 0 Å². The van der Waals surface area contributed by atoms with Crippen molar-refractivity contribution in [2.24, 2.45) is 0 Å². The number of nitrogens with zero attached hydrogens (tertiary/aromatic N) is 3. The summed E-state index contributed by atoms with van der Waals surface area (Å²) in [5.74, 6) is 1.37. The second-order valence-electron chi connectivity index (χ2n) is 7.09. The van der Waals surface area contributed by atoms with Gasteiger partial charge in [-0.05, 0) is 29.2 Å². The number of ether oxygens (including phenoxy) is 1. The Balaban J connectivity index is 1.75. The van der Waals surface area contributed by atoms with Crippen LogP contribution >= 0.6 is 11.6 Å². The number of aliphatic hydroxyl groups is 1. The molecule has 0 spiro atoms. The van der Waals surface area contributed by atoms with Gasteiger partial charge in [-0.1, -0.05) is 44.5 Å². The third-order valence-corrected chi connectivity index (χ3v) is 4.45. The van der Waals surface area contributed by atoms with Gasteiger partial charge in [0.1, 0.15) is 24.5 Å². The summed E-state index contributed by atoms with van der Waals surface area (Å²) in [5.41, 5.74) is 2.75. The number of aliphatic hydroxyl groups excluding tert-OH is 1. The molecule has 0 bridgehead atoms. The van der Waals surface area contributed by atoms with Crippen LogP contribution in [0.3, 0.4) is 0 Å². The van der Waals surface area contributed by atoms with Crippen molar-refractivity contribution in [3.05, 3.63) is 70.9 Å². The highest BCUT2D eigenvalue weighted by molar-refractivity contribution is 6.31. The predicted molar refractivity (Wildman–Crippen MR) is 102 cm³/mol. The van der Waals surface area contributed by atoms with E-state index in [1.54, 1.807) is 23.3 Å². The van der Waals surface area contributed by atoms with Gasteiger partial charge in [-0.15, -0.1) is 0 Å². The molecule has 3 rings (SSSR count). The first-order valence-electron chi connectivity index (χ1n) is 8.39. The summed E-state index contributed by atoms with van der Waals surface area (Å²) in [6.45, 7) is 6.76. The number of hydrogen-bond donors (Lipinski definition) is 1. The molecule has 26 heavy (non-hydrogen) atoms. The zero-order valence-corrected chi connectivity index (χ0v) is 15.9. The summed E-state index contributed by atoms with van der Waals surface area (Å²) in [7, 11) is 0. The SMILES string of the molecule is CC(C)(C)c1cccc(Cl)c1COc1ccc(-n2cnc(CO)c2)nc1. The Morgan fingerprint density at radius 2 is 1.96 bits per heavy atom. The van der Waals surface area contributed by atoms with Crippen molar-refractivity contribution < 1.29 is 9.84 Å². The van der Waals surface area contributed by atoms with Gasteiger partial charge in [0.2, 0.25) is 0 Å². The van der Waals surface area contributed by atoms with E-state index in [-0.39, 0.29) is 12.0 Å². The van der Waals surface area contributed by atoms with Crippen LogP contribution in [0.4, 0.5) is 0 Å². The summed E-state index contributed by atoms with van der Waals surface area (Å²) in [6.07, 6.45) is 5.03. The summed E-state index contributed by atoms with van der Waals surface area (Å²) in [4.78, 5) is 8.46. The monoisotopic (exact) mass is 371 g/mol. The van der Waals surface area contributed by atoms with E-state index in [4.69, 9.17) is 21.4 Å². The Kier molecular flexibility index (Phi) is 5.30. The lowest BCUT2D eigenvalue weighted by molar-refractivity contribution is 0.277. The normalized spacial score (nSPS) is 11.6. The van der Waals surface area contributed by atoms with Crippen molar-refractivity contribution in [2.45, 2.75) is 39.4 Å². The van der Waals surface area contributed by atoms with Crippen LogP contribution < -0.4 is 4.74 Å². The van der Waals surface area contributed by atoms with E-state index in [0.717, 1.165) is 5.56 Å². The van der Waals surface area contributed by atoms with E-state index in [2.05, 4.69) is 36.8 Å². The van der Waals surface area contributed by atoms with Crippen LogP contribution in [0.1, 0.15) is 37.6 Å². The minimum Gasteiger partial charge on any atom is -0.487 e. The lowest BCUT2D eigenvalue weighted by Crippen LogP contribution is -2.15. The van der Waals surface area contributed by atoms with E-state index in [0.29, 0.717) is 28.9 Å². The quantitative estimate of drug-likeness (QED) is 0.726. The third kappa shape index (κ3) is 4.06. The molecule has 1 N–H and O–H groups in total. The Morgan fingerprint density at radius 1 is 1.15 bits per heavy atom. The smallest absolute Gasteiger partial charge is 0.138 e. The van der Waals surface area contributed by atoms with Gasteiger partial charge in [0.25, 0.3) is 0 Å². The Labute approximate surface area is 158 Å². The minimum absolute atomic E-state index is 0.0163. The largest absolute Gasteiger partial charge is 0.487 e. The Morgan fingerprint density at radius 3 is 2.58 bits per heavy atom. The fourth-order valence-corrected chi connectivity index (χ4v) is 2.97. The molecule has 0 saturated carbocycles. The van der Waals surface area contributed by atoms with Gasteiger partial charge in [-0.3, -0.25) is 4.57 Å². The van der Waals surface area contributed by atoms with Gasteiger partial charge in [0, 0.05) is 16.8 Å². The Bertz CT molecular complexity index is 883. The van der Waals surface area contributed by atoms with Crippen molar-refractivity contribution in [2.75, 3.05) is 0 Å². The molecule has 0 aliphatic rings. The number of rotatable bonds is 5. The molecule has 136 valence electrons. The molecule has 0 aliphatic carbocycles. The van der Waals surface area contributed by atoms with Crippen LogP contribution in [-0.4, -0.2) is 19.6 Å². The van der Waals surface area contributed by atoms with E-state index in [1.807, 2.05) is 24.3 Å². The van der Waals surface area contributed by atoms with Crippen LogP contribution in [0.25, 0.3) is 5.82 Å². The topological polar surface area (TPSA) is 60.2 Å². The van der Waals surface area contributed by atoms with E-state index in [9.17, 15) is 0 Å². The highest BCUT2D eigenvalue weighted by Gasteiger charge is 2.20. The number of hydrogen-bond acceptors (Lipinski definition) is 4. The van der Waals surface area contributed by atoms with Crippen LogP contribution in [0, 0.1) is 0 Å². The number of aromatic nitrogens is 3. The molecule has 0 unspecified atom stereocenters. The molecular weight excluding hydrogens is 350 g/mol. The predicted octanol–water partition coefficient (Wildman–Crippen LogP) is 4.29. The second kappa shape index (κ2) is 7.48. The lowest BCUT2D eigenvalue weighted by atomic mass is 9.84. The van der Waals surface area contributed by atoms with E-state index < -0.39 is 0 Å². The lowest BCUT2D eigenvalue weighted by Gasteiger charge is -2.23. The number of benzene rings is 1. The molecule has 0 radical (unpaired) electrons. The van der Waals surface area contributed by atoms with Crippen LogP contribution in [0.2, 0.25) is 5.02 Å². The maximum atomic E-state index is 9.10. The highest BCUT2D eigenvalue weighted by Crippen LogP contribution is 2.31. The average molecular weight is 372 g/mol. The minimum atomic E-state index is -0.0951. The van der Waals surface area contributed by atoms with Gasteiger partial charge < -0.3 is 9.84 Å². The first kappa shape index (κ1) is 18.4. The zero-order chi connectivity index (χ0) is 18.7. The second-order valence-corrected chi connectivity index (χ2v) is 7.49. The van der Waals surface area contributed by atoms with Gasteiger partial charge in [0.15, 0.2) is 0 Å². The van der Waals surface area contributed by atoms with Crippen molar-refractivity contribution in [3.8, 4) is 11.6 Å². The number of pyridine rings is 1. The maximum absolute atomic E-state index is 9.10. The molecule has 0 saturated heterocycles. The van der Waals surface area contributed by atoms with Crippen LogP contribution in [-0.2, 0) is 18.6 Å². The van der Waals surface area contributed by atoms with Crippen LogP contribution in [0.5, 0.6) is 5.75 Å².